The Morgan fingerprint density at radius 1 is 1.31 bits per heavy atom. The number of benzene rings is 1. The highest BCUT2D eigenvalue weighted by Crippen LogP contribution is 2.22. The number of ether oxygens (including phenoxy) is 2. The molecule has 0 fully saturated rings. The van der Waals surface area contributed by atoms with Gasteiger partial charge in [0.15, 0.2) is 0 Å². The summed E-state index contributed by atoms with van der Waals surface area (Å²) < 4.78 is 10.8. The van der Waals surface area contributed by atoms with E-state index in [0.717, 1.165) is 16.9 Å². The van der Waals surface area contributed by atoms with Gasteiger partial charge in [-0.1, -0.05) is 12.1 Å². The van der Waals surface area contributed by atoms with Crippen LogP contribution in [0.1, 0.15) is 31.0 Å². The van der Waals surface area contributed by atoms with Crippen molar-refractivity contribution in [3.8, 4) is 5.75 Å². The van der Waals surface area contributed by atoms with Crippen LogP contribution < -0.4 is 10.5 Å². The lowest BCUT2D eigenvalue weighted by Gasteiger charge is -2.17. The monoisotopic (exact) mass is 223 g/mol. The van der Waals surface area contributed by atoms with E-state index in [-0.39, 0.29) is 12.1 Å². The van der Waals surface area contributed by atoms with E-state index in [4.69, 9.17) is 15.2 Å². The van der Waals surface area contributed by atoms with Crippen LogP contribution in [-0.2, 0) is 4.74 Å². The van der Waals surface area contributed by atoms with E-state index in [0.29, 0.717) is 6.61 Å². The molecule has 0 spiro atoms. The van der Waals surface area contributed by atoms with Crippen LogP contribution in [-0.4, -0.2) is 19.8 Å². The first-order chi connectivity index (χ1) is 7.54. The summed E-state index contributed by atoms with van der Waals surface area (Å²) in [5.74, 6) is 0.897. The molecule has 0 aliphatic carbocycles. The minimum absolute atomic E-state index is 0.0594. The van der Waals surface area contributed by atoms with Crippen molar-refractivity contribution in [1.82, 2.24) is 0 Å². The van der Waals surface area contributed by atoms with E-state index in [2.05, 4.69) is 6.07 Å². The zero-order valence-corrected chi connectivity index (χ0v) is 10.5. The lowest BCUT2D eigenvalue weighted by atomic mass is 10.1. The van der Waals surface area contributed by atoms with E-state index in [1.54, 1.807) is 7.11 Å². The molecular formula is C13H21NO2. The second kappa shape index (κ2) is 5.87. The number of aryl methyl sites for hydroxylation is 1. The maximum Gasteiger partial charge on any atom is 0.122 e. The third-order valence-corrected chi connectivity index (χ3v) is 2.45. The third kappa shape index (κ3) is 3.51. The Kier molecular flexibility index (Phi) is 4.77. The topological polar surface area (TPSA) is 44.5 Å². The standard InChI is InChI=1S/C13H21NO2/c1-9-7-12(11(3)14)5-6-13(9)16-10(2)8-15-4/h5-7,10-11H,8,14H2,1-4H3. The molecule has 0 heterocycles. The molecule has 3 heteroatoms. The van der Waals surface area contributed by atoms with Gasteiger partial charge < -0.3 is 15.2 Å². The Morgan fingerprint density at radius 3 is 2.50 bits per heavy atom. The number of hydrogen-bond acceptors (Lipinski definition) is 3. The van der Waals surface area contributed by atoms with Gasteiger partial charge >= 0.3 is 0 Å². The normalized spacial score (nSPS) is 14.6. The molecule has 16 heavy (non-hydrogen) atoms. The van der Waals surface area contributed by atoms with Crippen molar-refractivity contribution in [1.29, 1.82) is 0 Å². The summed E-state index contributed by atoms with van der Waals surface area (Å²) >= 11 is 0. The Balaban J connectivity index is 2.75. The molecule has 2 atom stereocenters. The molecule has 2 unspecified atom stereocenters. The van der Waals surface area contributed by atoms with E-state index in [9.17, 15) is 0 Å². The van der Waals surface area contributed by atoms with Crippen LogP contribution in [0.2, 0.25) is 0 Å². The molecule has 1 aromatic carbocycles. The quantitative estimate of drug-likeness (QED) is 0.833. The summed E-state index contributed by atoms with van der Waals surface area (Å²) in [6.07, 6.45) is 0.0600. The molecule has 2 N–H and O–H groups in total. The molecule has 0 amide bonds. The third-order valence-electron chi connectivity index (χ3n) is 2.45. The maximum absolute atomic E-state index is 5.82. The summed E-state index contributed by atoms with van der Waals surface area (Å²) in [5, 5.41) is 0. The van der Waals surface area contributed by atoms with E-state index < -0.39 is 0 Å². The zero-order valence-electron chi connectivity index (χ0n) is 10.5. The summed E-state index contributed by atoms with van der Waals surface area (Å²) in [4.78, 5) is 0. The fourth-order valence-electron chi connectivity index (χ4n) is 1.57. The fraction of sp³-hybridized carbons (Fsp3) is 0.538. The van der Waals surface area contributed by atoms with Crippen LogP contribution >= 0.6 is 0 Å². The van der Waals surface area contributed by atoms with Gasteiger partial charge in [0.05, 0.1) is 6.61 Å². The van der Waals surface area contributed by atoms with Crippen LogP contribution in [0.4, 0.5) is 0 Å². The average molecular weight is 223 g/mol. The van der Waals surface area contributed by atoms with Crippen molar-refractivity contribution in [2.24, 2.45) is 5.73 Å². The molecule has 1 aromatic rings. The van der Waals surface area contributed by atoms with Crippen LogP contribution in [0.3, 0.4) is 0 Å². The van der Waals surface area contributed by atoms with Gasteiger partial charge in [-0.05, 0) is 38.0 Å². The second-order valence-electron chi connectivity index (χ2n) is 4.20. The number of hydrogen-bond donors (Lipinski definition) is 1. The van der Waals surface area contributed by atoms with Gasteiger partial charge in [-0.15, -0.1) is 0 Å². The molecule has 0 aliphatic rings. The lowest BCUT2D eigenvalue weighted by molar-refractivity contribution is 0.0916. The van der Waals surface area contributed by atoms with Crippen molar-refractivity contribution < 1.29 is 9.47 Å². The minimum atomic E-state index is 0.0594. The highest BCUT2D eigenvalue weighted by Gasteiger charge is 2.07. The van der Waals surface area contributed by atoms with E-state index >= 15 is 0 Å². The maximum atomic E-state index is 5.82. The molecule has 0 radical (unpaired) electrons. The first-order valence-electron chi connectivity index (χ1n) is 5.56. The summed E-state index contributed by atoms with van der Waals surface area (Å²) in [6.45, 7) is 6.58. The number of rotatable bonds is 5. The predicted molar refractivity (Wildman–Crippen MR) is 65.7 cm³/mol. The van der Waals surface area contributed by atoms with Crippen LogP contribution in [0.25, 0.3) is 0 Å². The van der Waals surface area contributed by atoms with E-state index in [1.165, 1.54) is 0 Å². The van der Waals surface area contributed by atoms with Gasteiger partial charge in [-0.25, -0.2) is 0 Å². The summed E-state index contributed by atoms with van der Waals surface area (Å²) in [5.41, 5.74) is 8.06. The molecule has 0 bridgehead atoms. The molecule has 0 saturated carbocycles. The lowest BCUT2D eigenvalue weighted by Crippen LogP contribution is -2.18. The SMILES string of the molecule is COCC(C)Oc1ccc(C(C)N)cc1C. The van der Waals surface area contributed by atoms with Gasteiger partial charge in [0.2, 0.25) is 0 Å². The average Bonchev–Trinajstić information content (AvgIpc) is 2.21. The van der Waals surface area contributed by atoms with Crippen molar-refractivity contribution in [3.05, 3.63) is 29.3 Å². The molecule has 1 rings (SSSR count). The van der Waals surface area contributed by atoms with Crippen molar-refractivity contribution in [2.45, 2.75) is 32.9 Å². The zero-order chi connectivity index (χ0) is 12.1. The van der Waals surface area contributed by atoms with Crippen molar-refractivity contribution in [3.63, 3.8) is 0 Å². The second-order valence-corrected chi connectivity index (χ2v) is 4.20. The van der Waals surface area contributed by atoms with Crippen LogP contribution in [0.5, 0.6) is 5.75 Å². The Hall–Kier alpha value is -1.06. The first-order valence-corrected chi connectivity index (χ1v) is 5.56. The molecule has 0 aliphatic heterocycles. The van der Waals surface area contributed by atoms with Crippen molar-refractivity contribution >= 4 is 0 Å². The van der Waals surface area contributed by atoms with Gasteiger partial charge in [0.1, 0.15) is 11.9 Å². The number of methoxy groups -OCH3 is 1. The van der Waals surface area contributed by atoms with Gasteiger partial charge in [0, 0.05) is 13.2 Å². The highest BCUT2D eigenvalue weighted by atomic mass is 16.5. The van der Waals surface area contributed by atoms with Crippen LogP contribution in [0, 0.1) is 6.92 Å². The van der Waals surface area contributed by atoms with Crippen molar-refractivity contribution in [2.75, 3.05) is 13.7 Å². The molecular weight excluding hydrogens is 202 g/mol. The van der Waals surface area contributed by atoms with Gasteiger partial charge in [0.25, 0.3) is 0 Å². The Bertz CT molecular complexity index is 337. The Morgan fingerprint density at radius 2 is 2.00 bits per heavy atom. The molecule has 3 nitrogen and oxygen atoms in total. The Labute approximate surface area is 97.6 Å². The smallest absolute Gasteiger partial charge is 0.122 e. The molecule has 0 aromatic heterocycles. The first kappa shape index (κ1) is 13.0. The van der Waals surface area contributed by atoms with E-state index in [1.807, 2.05) is 32.9 Å². The molecule has 90 valence electrons. The van der Waals surface area contributed by atoms with Gasteiger partial charge in [-0.2, -0.15) is 0 Å². The highest BCUT2D eigenvalue weighted by molar-refractivity contribution is 5.37. The fourth-order valence-corrected chi connectivity index (χ4v) is 1.57. The number of nitrogens with two attached hydrogens (primary N) is 1. The molecule has 0 saturated heterocycles. The summed E-state index contributed by atoms with van der Waals surface area (Å²) in [7, 11) is 1.67. The minimum Gasteiger partial charge on any atom is -0.488 e. The van der Waals surface area contributed by atoms with Crippen LogP contribution in [0.15, 0.2) is 18.2 Å². The largest absolute Gasteiger partial charge is 0.488 e. The predicted octanol–water partition coefficient (Wildman–Crippen LogP) is 2.43. The summed E-state index contributed by atoms with van der Waals surface area (Å²) in [6, 6.07) is 6.11. The van der Waals surface area contributed by atoms with Gasteiger partial charge in [-0.3, -0.25) is 0 Å².